The summed E-state index contributed by atoms with van der Waals surface area (Å²) in [4.78, 5) is 32.7. The van der Waals surface area contributed by atoms with Gasteiger partial charge < -0.3 is 19.2 Å². The maximum Gasteiger partial charge on any atom is 0.274 e. The molecule has 0 unspecified atom stereocenters. The fourth-order valence-electron chi connectivity index (χ4n) is 5.11. The Morgan fingerprint density at radius 2 is 1.74 bits per heavy atom. The van der Waals surface area contributed by atoms with Crippen LogP contribution in [-0.2, 0) is 30.7 Å². The number of carbonyl (C=O) groups excluding carboxylic acids is 2. The molecule has 1 saturated heterocycles. The number of amides is 2. The quantitative estimate of drug-likeness (QED) is 0.563. The van der Waals surface area contributed by atoms with Gasteiger partial charge in [-0.2, -0.15) is 5.10 Å². The first-order valence-electron chi connectivity index (χ1n) is 12.3. The third-order valence-corrected chi connectivity index (χ3v) is 7.19. The minimum atomic E-state index is -0.0406. The number of nitrogens with zero attached hydrogens (tertiary/aromatic N) is 6. The Kier molecular flexibility index (Phi) is 6.32. The average molecular weight is 477 g/mol. The zero-order valence-corrected chi connectivity index (χ0v) is 20.7. The molecular formula is C26H32N6O3. The van der Waals surface area contributed by atoms with E-state index in [4.69, 9.17) is 9.62 Å². The third kappa shape index (κ3) is 4.42. The van der Waals surface area contributed by atoms with Gasteiger partial charge in [-0.3, -0.25) is 14.3 Å². The summed E-state index contributed by atoms with van der Waals surface area (Å²) in [5.41, 5.74) is 5.22. The second-order valence-electron chi connectivity index (χ2n) is 9.25. The molecule has 0 atom stereocenters. The van der Waals surface area contributed by atoms with E-state index in [1.54, 1.807) is 0 Å². The number of aryl methyl sites for hydroxylation is 3. The molecule has 0 spiro atoms. The summed E-state index contributed by atoms with van der Waals surface area (Å²) >= 11 is 0. The van der Waals surface area contributed by atoms with E-state index in [0.717, 1.165) is 35.6 Å². The minimum absolute atomic E-state index is 0.0178. The Labute approximate surface area is 205 Å². The van der Waals surface area contributed by atoms with Crippen LogP contribution in [0.1, 0.15) is 45.7 Å². The maximum atomic E-state index is 13.6. The van der Waals surface area contributed by atoms with E-state index < -0.39 is 0 Å². The fraction of sp³-hybridized carbons (Fsp3) is 0.462. The molecule has 2 aliphatic rings. The van der Waals surface area contributed by atoms with Crippen molar-refractivity contribution in [3.63, 3.8) is 0 Å². The summed E-state index contributed by atoms with van der Waals surface area (Å²) in [5.74, 6) is 0.656. The van der Waals surface area contributed by atoms with Crippen molar-refractivity contribution in [3.05, 3.63) is 64.3 Å². The topological polar surface area (TPSA) is 87.7 Å². The average Bonchev–Trinajstić information content (AvgIpc) is 3.43. The number of fused-ring (bicyclic) bond motifs is 1. The van der Waals surface area contributed by atoms with Crippen LogP contribution >= 0.6 is 0 Å². The first-order valence-corrected chi connectivity index (χ1v) is 12.3. The predicted molar refractivity (Wildman–Crippen MR) is 131 cm³/mol. The standard InChI is InChI=1S/C26H32N6O3/c1-4-32-23-10-11-31(24(33)16-21-18(2)28-35-19(21)3)17-22(23)25(27-32)26(34)30-14-12-29(13-15-30)20-8-6-5-7-9-20/h5-9H,4,10-17H2,1-3H3. The second kappa shape index (κ2) is 9.56. The molecule has 3 aromatic rings. The summed E-state index contributed by atoms with van der Waals surface area (Å²) in [6.07, 6.45) is 0.946. The van der Waals surface area contributed by atoms with Crippen molar-refractivity contribution in [2.75, 3.05) is 37.6 Å². The summed E-state index contributed by atoms with van der Waals surface area (Å²) in [5, 5.41) is 8.67. The number of hydrogen-bond donors (Lipinski definition) is 0. The Bertz CT molecular complexity index is 1200. The summed E-state index contributed by atoms with van der Waals surface area (Å²) in [6.45, 7) is 10.3. The van der Waals surface area contributed by atoms with Crippen LogP contribution in [0, 0.1) is 13.8 Å². The van der Waals surface area contributed by atoms with Gasteiger partial charge in [0.2, 0.25) is 5.91 Å². The van der Waals surface area contributed by atoms with Crippen LogP contribution in [0.4, 0.5) is 5.69 Å². The highest BCUT2D eigenvalue weighted by molar-refractivity contribution is 5.94. The monoisotopic (exact) mass is 476 g/mol. The molecule has 35 heavy (non-hydrogen) atoms. The molecule has 0 N–H and O–H groups in total. The SMILES string of the molecule is CCn1nc(C(=O)N2CCN(c3ccccc3)CC2)c2c1CCN(C(=O)Cc1c(C)noc1C)C2. The molecule has 1 fully saturated rings. The molecule has 0 bridgehead atoms. The van der Waals surface area contributed by atoms with Gasteiger partial charge in [0.1, 0.15) is 5.76 Å². The molecule has 0 saturated carbocycles. The van der Waals surface area contributed by atoms with E-state index in [1.165, 1.54) is 5.69 Å². The van der Waals surface area contributed by atoms with Crippen LogP contribution < -0.4 is 4.90 Å². The molecule has 0 radical (unpaired) electrons. The van der Waals surface area contributed by atoms with Gasteiger partial charge in [-0.05, 0) is 32.9 Å². The molecule has 0 aliphatic carbocycles. The minimum Gasteiger partial charge on any atom is -0.368 e. The van der Waals surface area contributed by atoms with Crippen molar-refractivity contribution >= 4 is 17.5 Å². The van der Waals surface area contributed by atoms with Gasteiger partial charge in [0.25, 0.3) is 5.91 Å². The molecule has 2 amide bonds. The molecular weight excluding hydrogens is 444 g/mol. The van der Waals surface area contributed by atoms with Crippen molar-refractivity contribution in [1.29, 1.82) is 0 Å². The molecule has 9 heteroatoms. The first-order chi connectivity index (χ1) is 17.0. The number of benzene rings is 1. The Morgan fingerprint density at radius 1 is 1.00 bits per heavy atom. The van der Waals surface area contributed by atoms with Gasteiger partial charge in [0, 0.05) is 74.7 Å². The Balaban J connectivity index is 1.31. The van der Waals surface area contributed by atoms with Crippen molar-refractivity contribution < 1.29 is 14.1 Å². The lowest BCUT2D eigenvalue weighted by molar-refractivity contribution is -0.131. The van der Waals surface area contributed by atoms with Gasteiger partial charge in [-0.15, -0.1) is 0 Å². The summed E-state index contributed by atoms with van der Waals surface area (Å²) in [7, 11) is 0. The maximum absolute atomic E-state index is 13.6. The zero-order valence-electron chi connectivity index (χ0n) is 20.7. The lowest BCUT2D eigenvalue weighted by Crippen LogP contribution is -2.49. The zero-order chi connectivity index (χ0) is 24.5. The molecule has 4 heterocycles. The number of para-hydroxylation sites is 1. The summed E-state index contributed by atoms with van der Waals surface area (Å²) in [6, 6.07) is 10.3. The highest BCUT2D eigenvalue weighted by Crippen LogP contribution is 2.26. The van der Waals surface area contributed by atoms with Crippen molar-refractivity contribution in [1.82, 2.24) is 24.7 Å². The largest absolute Gasteiger partial charge is 0.368 e. The number of aromatic nitrogens is 3. The number of carbonyl (C=O) groups is 2. The van der Waals surface area contributed by atoms with Gasteiger partial charge in [-0.25, -0.2) is 0 Å². The number of hydrogen-bond acceptors (Lipinski definition) is 6. The molecule has 1 aromatic carbocycles. The van der Waals surface area contributed by atoms with Crippen LogP contribution in [-0.4, -0.2) is 69.3 Å². The van der Waals surface area contributed by atoms with Crippen molar-refractivity contribution in [2.45, 2.75) is 46.7 Å². The molecule has 2 aromatic heterocycles. The van der Waals surface area contributed by atoms with Crippen molar-refractivity contribution in [2.24, 2.45) is 0 Å². The van der Waals surface area contributed by atoms with Crippen LogP contribution in [0.15, 0.2) is 34.9 Å². The van der Waals surface area contributed by atoms with Crippen LogP contribution in [0.2, 0.25) is 0 Å². The summed E-state index contributed by atoms with van der Waals surface area (Å²) < 4.78 is 7.15. The van der Waals surface area contributed by atoms with E-state index in [2.05, 4.69) is 22.2 Å². The number of rotatable bonds is 5. The van der Waals surface area contributed by atoms with Gasteiger partial charge in [-0.1, -0.05) is 23.4 Å². The van der Waals surface area contributed by atoms with Crippen LogP contribution in [0.25, 0.3) is 0 Å². The smallest absolute Gasteiger partial charge is 0.274 e. The van der Waals surface area contributed by atoms with E-state index >= 15 is 0 Å². The molecule has 2 aliphatic heterocycles. The van der Waals surface area contributed by atoms with Crippen LogP contribution in [0.3, 0.4) is 0 Å². The van der Waals surface area contributed by atoms with E-state index in [0.29, 0.717) is 50.6 Å². The normalized spacial score (nSPS) is 15.9. The highest BCUT2D eigenvalue weighted by Gasteiger charge is 2.33. The number of anilines is 1. The number of piperazine rings is 1. The van der Waals surface area contributed by atoms with Crippen molar-refractivity contribution in [3.8, 4) is 0 Å². The van der Waals surface area contributed by atoms with Crippen LogP contribution in [0.5, 0.6) is 0 Å². The first kappa shape index (κ1) is 23.1. The Morgan fingerprint density at radius 3 is 2.40 bits per heavy atom. The third-order valence-electron chi connectivity index (χ3n) is 7.19. The predicted octanol–water partition coefficient (Wildman–Crippen LogP) is 2.60. The lowest BCUT2D eigenvalue weighted by Gasteiger charge is -2.36. The van der Waals surface area contributed by atoms with Gasteiger partial charge in [0.15, 0.2) is 5.69 Å². The van der Waals surface area contributed by atoms with E-state index in [1.807, 2.05) is 53.5 Å². The molecule has 5 rings (SSSR count). The van der Waals surface area contributed by atoms with E-state index in [9.17, 15) is 9.59 Å². The highest BCUT2D eigenvalue weighted by atomic mass is 16.5. The fourth-order valence-corrected chi connectivity index (χ4v) is 5.11. The Hall–Kier alpha value is -3.62. The molecule has 184 valence electrons. The second-order valence-corrected chi connectivity index (χ2v) is 9.25. The van der Waals surface area contributed by atoms with Gasteiger partial charge in [0.05, 0.1) is 12.1 Å². The lowest BCUT2D eigenvalue weighted by atomic mass is 10.0. The van der Waals surface area contributed by atoms with E-state index in [-0.39, 0.29) is 18.2 Å². The van der Waals surface area contributed by atoms with Gasteiger partial charge >= 0.3 is 0 Å². The molecule has 9 nitrogen and oxygen atoms in total.